The van der Waals surface area contributed by atoms with Crippen molar-refractivity contribution in [3.63, 3.8) is 0 Å². The maximum absolute atomic E-state index is 13.6. The van der Waals surface area contributed by atoms with Crippen LogP contribution in [0.15, 0.2) is 0 Å². The first-order valence-electron chi connectivity index (χ1n) is 11.3. The summed E-state index contributed by atoms with van der Waals surface area (Å²) in [6.07, 6.45) is 12.5. The average Bonchev–Trinajstić information content (AvgIpc) is 3.31. The minimum absolute atomic E-state index is 0.0589. The molecule has 6 aliphatic rings. The van der Waals surface area contributed by atoms with Crippen LogP contribution in [0.1, 0.15) is 70.6 Å². The van der Waals surface area contributed by atoms with Crippen molar-refractivity contribution in [2.45, 2.75) is 82.8 Å². The van der Waals surface area contributed by atoms with Gasteiger partial charge in [-0.2, -0.15) is 0 Å². The molecule has 0 aromatic rings. The summed E-state index contributed by atoms with van der Waals surface area (Å²) >= 11 is 0. The fourth-order valence-electron chi connectivity index (χ4n) is 7.31. The van der Waals surface area contributed by atoms with Crippen molar-refractivity contribution in [3.8, 4) is 0 Å². The molecule has 0 radical (unpaired) electrons. The Kier molecular flexibility index (Phi) is 4.69. The molecular weight excluding hydrogens is 340 g/mol. The number of ether oxygens (including phenoxy) is 1. The molecular formula is C22H34N2O3. The Morgan fingerprint density at radius 2 is 1.70 bits per heavy atom. The lowest BCUT2D eigenvalue weighted by molar-refractivity contribution is -0.160. The lowest BCUT2D eigenvalue weighted by Crippen LogP contribution is -2.57. The van der Waals surface area contributed by atoms with E-state index in [-0.39, 0.29) is 17.4 Å². The fourth-order valence-corrected chi connectivity index (χ4v) is 7.31. The summed E-state index contributed by atoms with van der Waals surface area (Å²) in [5, 5.41) is 3.10. The van der Waals surface area contributed by atoms with E-state index in [1.807, 2.05) is 4.90 Å². The Balaban J connectivity index is 1.21. The Morgan fingerprint density at radius 1 is 1.00 bits per heavy atom. The quantitative estimate of drug-likeness (QED) is 0.805. The molecule has 0 spiro atoms. The third kappa shape index (κ3) is 3.30. The van der Waals surface area contributed by atoms with Gasteiger partial charge in [0.25, 0.3) is 0 Å². The summed E-state index contributed by atoms with van der Waals surface area (Å²) in [4.78, 5) is 28.4. The first kappa shape index (κ1) is 18.0. The van der Waals surface area contributed by atoms with Gasteiger partial charge in [0.2, 0.25) is 11.8 Å². The van der Waals surface area contributed by atoms with Crippen molar-refractivity contribution in [3.05, 3.63) is 0 Å². The minimum Gasteiger partial charge on any atom is -0.378 e. The zero-order valence-corrected chi connectivity index (χ0v) is 16.5. The first-order chi connectivity index (χ1) is 13.1. The van der Waals surface area contributed by atoms with Crippen LogP contribution in [0.25, 0.3) is 0 Å². The lowest BCUT2D eigenvalue weighted by Gasteiger charge is -2.56. The highest BCUT2D eigenvalue weighted by Crippen LogP contribution is 2.60. The fraction of sp³-hybridized carbons (Fsp3) is 0.909. The van der Waals surface area contributed by atoms with E-state index in [0.29, 0.717) is 18.6 Å². The summed E-state index contributed by atoms with van der Waals surface area (Å²) < 4.78 is 5.64. The van der Waals surface area contributed by atoms with Crippen LogP contribution in [0.2, 0.25) is 0 Å². The van der Waals surface area contributed by atoms with Gasteiger partial charge in [-0.25, -0.2) is 0 Å². The second-order valence-corrected chi connectivity index (χ2v) is 10.1. The second kappa shape index (κ2) is 7.06. The molecule has 1 N–H and O–H groups in total. The Bertz CT molecular complexity index is 563. The molecule has 0 unspecified atom stereocenters. The van der Waals surface area contributed by atoms with Gasteiger partial charge >= 0.3 is 0 Å². The molecule has 2 heterocycles. The van der Waals surface area contributed by atoms with Gasteiger partial charge in [0.1, 0.15) is 6.04 Å². The Labute approximate surface area is 162 Å². The molecule has 4 saturated carbocycles. The standard InChI is InChI=1S/C22H34N2O3/c25-20(23-6-5-18-3-2-8-27-18)19-4-1-7-24(19)21(26)22-12-15-9-16(13-22)11-17(10-15)14-22/h15-19H,1-14H2,(H,23,25)/t15?,16?,17?,18-,19-,22?/m0/s1. The molecule has 0 aromatic heterocycles. The summed E-state index contributed by atoms with van der Waals surface area (Å²) in [5.74, 6) is 2.67. The maximum Gasteiger partial charge on any atom is 0.242 e. The molecule has 2 aliphatic heterocycles. The summed E-state index contributed by atoms with van der Waals surface area (Å²) in [7, 11) is 0. The third-order valence-corrected chi connectivity index (χ3v) is 8.10. The largest absolute Gasteiger partial charge is 0.378 e. The van der Waals surface area contributed by atoms with Gasteiger partial charge in [-0.1, -0.05) is 0 Å². The first-order valence-corrected chi connectivity index (χ1v) is 11.3. The third-order valence-electron chi connectivity index (χ3n) is 8.10. The van der Waals surface area contributed by atoms with Crippen molar-refractivity contribution in [2.75, 3.05) is 19.7 Å². The molecule has 6 fully saturated rings. The van der Waals surface area contributed by atoms with E-state index in [4.69, 9.17) is 4.74 Å². The average molecular weight is 375 g/mol. The highest BCUT2D eigenvalue weighted by atomic mass is 16.5. The van der Waals surface area contributed by atoms with Crippen LogP contribution in [0, 0.1) is 23.2 Å². The molecule has 27 heavy (non-hydrogen) atoms. The van der Waals surface area contributed by atoms with Gasteiger partial charge in [-0.05, 0) is 88.4 Å². The van der Waals surface area contributed by atoms with E-state index in [1.165, 1.54) is 19.3 Å². The van der Waals surface area contributed by atoms with Crippen LogP contribution in [0.4, 0.5) is 0 Å². The number of hydrogen-bond donors (Lipinski definition) is 1. The van der Waals surface area contributed by atoms with Gasteiger partial charge in [0.05, 0.1) is 11.5 Å². The number of carbonyl (C=O) groups excluding carboxylic acids is 2. The predicted molar refractivity (Wildman–Crippen MR) is 102 cm³/mol. The van der Waals surface area contributed by atoms with E-state index < -0.39 is 0 Å². The predicted octanol–water partition coefficient (Wildman–Crippen LogP) is 2.88. The maximum atomic E-state index is 13.6. The monoisotopic (exact) mass is 374 g/mol. The molecule has 0 aromatic carbocycles. The van der Waals surface area contributed by atoms with Gasteiger partial charge in [0.15, 0.2) is 0 Å². The van der Waals surface area contributed by atoms with Crippen molar-refractivity contribution in [2.24, 2.45) is 23.2 Å². The number of likely N-dealkylation sites (tertiary alicyclic amines) is 1. The topological polar surface area (TPSA) is 58.6 Å². The van der Waals surface area contributed by atoms with E-state index in [0.717, 1.165) is 82.3 Å². The Hall–Kier alpha value is -1.10. The number of nitrogens with zero attached hydrogens (tertiary/aromatic N) is 1. The molecule has 2 amide bonds. The van der Waals surface area contributed by atoms with Crippen LogP contribution in [0.3, 0.4) is 0 Å². The second-order valence-electron chi connectivity index (χ2n) is 10.1. The number of rotatable bonds is 5. The van der Waals surface area contributed by atoms with Crippen LogP contribution >= 0.6 is 0 Å². The number of hydrogen-bond acceptors (Lipinski definition) is 3. The van der Waals surface area contributed by atoms with Crippen LogP contribution in [-0.2, 0) is 14.3 Å². The van der Waals surface area contributed by atoms with Crippen LogP contribution in [0.5, 0.6) is 0 Å². The van der Waals surface area contributed by atoms with Gasteiger partial charge < -0.3 is 15.0 Å². The molecule has 5 heteroatoms. The molecule has 6 rings (SSSR count). The summed E-state index contributed by atoms with van der Waals surface area (Å²) in [6.45, 7) is 2.29. The van der Waals surface area contributed by atoms with Gasteiger partial charge in [0, 0.05) is 19.7 Å². The number of carbonyl (C=O) groups is 2. The highest BCUT2D eigenvalue weighted by molar-refractivity contribution is 5.91. The van der Waals surface area contributed by atoms with Gasteiger partial charge in [-0.15, -0.1) is 0 Å². The van der Waals surface area contributed by atoms with Gasteiger partial charge in [-0.3, -0.25) is 9.59 Å². The SMILES string of the molecule is O=C(NCC[C@@H]1CCCO1)[C@@H]1CCCN1C(=O)C12CC3CC(CC(C3)C1)C2. The molecule has 2 atom stereocenters. The normalized spacial score (nSPS) is 42.7. The zero-order valence-electron chi connectivity index (χ0n) is 16.5. The minimum atomic E-state index is -0.241. The smallest absolute Gasteiger partial charge is 0.242 e. The van der Waals surface area contributed by atoms with Crippen molar-refractivity contribution < 1.29 is 14.3 Å². The van der Waals surface area contributed by atoms with Crippen LogP contribution in [-0.4, -0.2) is 48.6 Å². The number of amides is 2. The van der Waals surface area contributed by atoms with Crippen molar-refractivity contribution >= 4 is 11.8 Å². The van der Waals surface area contributed by atoms with Crippen LogP contribution < -0.4 is 5.32 Å². The van der Waals surface area contributed by atoms with E-state index in [9.17, 15) is 9.59 Å². The highest BCUT2D eigenvalue weighted by Gasteiger charge is 2.56. The molecule has 4 aliphatic carbocycles. The van der Waals surface area contributed by atoms with E-state index in [2.05, 4.69) is 5.32 Å². The lowest BCUT2D eigenvalue weighted by atomic mass is 9.49. The van der Waals surface area contributed by atoms with E-state index in [1.54, 1.807) is 0 Å². The molecule has 4 bridgehead atoms. The Morgan fingerprint density at radius 3 is 2.33 bits per heavy atom. The molecule has 2 saturated heterocycles. The number of nitrogens with one attached hydrogen (secondary N) is 1. The molecule has 150 valence electrons. The zero-order chi connectivity index (χ0) is 18.4. The van der Waals surface area contributed by atoms with Crippen molar-refractivity contribution in [1.82, 2.24) is 10.2 Å². The molecule has 5 nitrogen and oxygen atoms in total. The van der Waals surface area contributed by atoms with E-state index >= 15 is 0 Å². The summed E-state index contributed by atoms with van der Waals surface area (Å²) in [5.41, 5.74) is -0.130. The summed E-state index contributed by atoms with van der Waals surface area (Å²) in [6, 6.07) is -0.241. The van der Waals surface area contributed by atoms with Crippen molar-refractivity contribution in [1.29, 1.82) is 0 Å².